The number of methoxy groups -OCH3 is 2. The van der Waals surface area contributed by atoms with Crippen LogP contribution in [0, 0.1) is 11.6 Å². The van der Waals surface area contributed by atoms with Crippen molar-refractivity contribution < 1.29 is 47.3 Å². The molecule has 4 aliphatic rings. The van der Waals surface area contributed by atoms with Gasteiger partial charge in [-0.2, -0.15) is 0 Å². The van der Waals surface area contributed by atoms with Crippen LogP contribution in [0.15, 0.2) is 88.7 Å². The number of ether oxygens (including phenoxy) is 3. The number of carbonyl (C=O) groups is 4. The van der Waals surface area contributed by atoms with Gasteiger partial charge in [-0.15, -0.1) is 12.4 Å². The first-order valence-corrected chi connectivity index (χ1v) is 24.3. The van der Waals surface area contributed by atoms with Gasteiger partial charge >= 0.3 is 0 Å². The van der Waals surface area contributed by atoms with Crippen LogP contribution in [0.1, 0.15) is 126 Å². The molecule has 1 N–H and O–H groups in total. The van der Waals surface area contributed by atoms with Crippen molar-refractivity contribution in [3.8, 4) is 11.5 Å². The Morgan fingerprint density at radius 2 is 1.09 bits per heavy atom. The fourth-order valence-corrected chi connectivity index (χ4v) is 10.9. The lowest BCUT2D eigenvalue weighted by atomic mass is 9.71. The lowest BCUT2D eigenvalue weighted by molar-refractivity contribution is -0.0915. The normalized spacial score (nSPS) is 20.1. The fraction of sp³-hybridized carbons (Fsp3) is 0.418. The fourth-order valence-electron chi connectivity index (χ4n) is 10.5. The zero-order valence-corrected chi connectivity index (χ0v) is 42.5. The number of benzene rings is 3. The van der Waals surface area contributed by atoms with Gasteiger partial charge in [0.2, 0.25) is 10.9 Å². The van der Waals surface area contributed by atoms with Gasteiger partial charge < -0.3 is 38.3 Å². The zero-order chi connectivity index (χ0) is 50.9. The van der Waals surface area contributed by atoms with E-state index in [1.807, 2.05) is 44.2 Å². The lowest BCUT2D eigenvalue weighted by Crippen LogP contribution is -2.66. The second kappa shape index (κ2) is 24.2. The van der Waals surface area contributed by atoms with Crippen LogP contribution >= 0.6 is 35.6 Å². The highest BCUT2D eigenvalue weighted by Gasteiger charge is 2.55. The van der Waals surface area contributed by atoms with Crippen LogP contribution in [0.5, 0.6) is 11.5 Å². The number of halogens is 5. The Hall–Kier alpha value is -5.91. The van der Waals surface area contributed by atoms with Crippen LogP contribution < -0.4 is 15.6 Å². The minimum atomic E-state index is -0.892. The van der Waals surface area contributed by atoms with Gasteiger partial charge in [-0.05, 0) is 81.2 Å². The molecule has 4 heterocycles. The maximum absolute atomic E-state index is 14.4. The molecule has 2 aromatic heterocycles. The van der Waals surface area contributed by atoms with Crippen molar-refractivity contribution in [3.05, 3.63) is 160 Å². The first-order chi connectivity index (χ1) is 34.0. The number of aromatic nitrogens is 2. The largest absolute Gasteiger partial charge is 0.503 e. The number of aryl methyl sites for hydroxylation is 2. The number of rotatable bonds is 15. The maximum atomic E-state index is 14.4. The highest BCUT2D eigenvalue weighted by molar-refractivity contribution is 6.31. The van der Waals surface area contributed by atoms with Gasteiger partial charge in [-0.25, -0.2) is 8.78 Å². The molecule has 398 valence electrons. The SMILES string of the molecule is C.C.CCN1C(=O)c2c(O)c(=O)c(C(=O)CCc3cccc(Cl)c3F)cn2CC12CC(OC)C2.CCN1C(=O)c2c(OCc3ccccc3)c(=O)c(C(=O)CCc3cccc(Cl)c3F)cn2CC12CC(OC)C2.Cl. The van der Waals surface area contributed by atoms with Crippen molar-refractivity contribution >= 4 is 59.0 Å². The third-order valence-electron chi connectivity index (χ3n) is 14.3. The molecule has 3 aromatic carbocycles. The average Bonchev–Trinajstić information content (AvgIpc) is 3.34. The number of Topliss-reactive ketones (excluding diaryl/α,β-unsaturated/α-hetero) is 2. The molecule has 2 amide bonds. The molecule has 2 aliphatic heterocycles. The van der Waals surface area contributed by atoms with Crippen molar-refractivity contribution in [3.63, 3.8) is 0 Å². The predicted octanol–water partition coefficient (Wildman–Crippen LogP) is 9.94. The molecule has 19 heteroatoms. The number of amides is 2. The van der Waals surface area contributed by atoms with Gasteiger partial charge in [0.05, 0.1) is 44.5 Å². The van der Waals surface area contributed by atoms with Crippen LogP contribution in [0.2, 0.25) is 10.0 Å². The van der Waals surface area contributed by atoms with E-state index in [0.29, 0.717) is 57.4 Å². The van der Waals surface area contributed by atoms with Crippen LogP contribution in [-0.2, 0) is 42.0 Å². The Morgan fingerprint density at radius 1 is 0.662 bits per heavy atom. The number of fused-ring (bicyclic) bond motifs is 2. The highest BCUT2D eigenvalue weighted by Crippen LogP contribution is 2.46. The molecule has 0 unspecified atom stereocenters. The summed E-state index contributed by atoms with van der Waals surface area (Å²) in [6.45, 7) is 5.46. The number of likely N-dealkylation sites (N-methyl/N-ethyl adjacent to an activating group) is 2. The first kappa shape index (κ1) is 59.0. The van der Waals surface area contributed by atoms with Crippen molar-refractivity contribution in [2.24, 2.45) is 0 Å². The molecule has 0 bridgehead atoms. The van der Waals surface area contributed by atoms with Crippen LogP contribution in [-0.4, -0.2) is 98.0 Å². The van der Waals surface area contributed by atoms with Crippen LogP contribution in [0.4, 0.5) is 8.78 Å². The standard InChI is InChI=1S/C30H30ClFN2O5.C23H24ClFN2O5.2CH4.ClH/c1-3-34-29(37)26-28(39-17-19-8-5-4-6-9-19)27(36)22(16-33(26)18-30(34)14-21(15-30)38-2)24(35)13-12-20-10-7-11-23(31)25(20)32;1-3-27-22(31)19-21(30)20(29)15(11-26(19)12-23(27)9-14(10-23)32-2)17(28)8-7-13-5-4-6-16(24)18(13)25;;;/h4-11,16,21H,3,12-15,17-18H2,1-2H3;4-6,11,14,30H,3,7-10,12H2,1-2H3;2*1H4;1H. The van der Waals surface area contributed by atoms with E-state index in [9.17, 15) is 42.7 Å². The predicted molar refractivity (Wildman–Crippen MR) is 282 cm³/mol. The molecule has 2 spiro atoms. The highest BCUT2D eigenvalue weighted by atomic mass is 35.5. The summed E-state index contributed by atoms with van der Waals surface area (Å²) >= 11 is 11.7. The third-order valence-corrected chi connectivity index (χ3v) is 14.9. The number of nitrogens with zero attached hydrogens (tertiary/aromatic N) is 4. The van der Waals surface area contributed by atoms with E-state index in [1.165, 1.54) is 35.2 Å². The van der Waals surface area contributed by atoms with E-state index in [0.717, 1.165) is 5.56 Å². The third kappa shape index (κ3) is 11.1. The second-order valence-electron chi connectivity index (χ2n) is 18.5. The van der Waals surface area contributed by atoms with Gasteiger partial charge in [-0.3, -0.25) is 28.8 Å². The molecular weight excluding hydrogens is 1020 g/mol. The molecule has 2 aliphatic carbocycles. The van der Waals surface area contributed by atoms with E-state index in [-0.39, 0.29) is 122 Å². The Kier molecular flexibility index (Phi) is 19.3. The lowest BCUT2D eigenvalue weighted by Gasteiger charge is -2.56. The Labute approximate surface area is 445 Å². The number of carbonyl (C=O) groups excluding carboxylic acids is 4. The number of pyridine rings is 2. The Morgan fingerprint density at radius 3 is 1.54 bits per heavy atom. The summed E-state index contributed by atoms with van der Waals surface area (Å²) in [5.74, 6) is -3.79. The van der Waals surface area contributed by atoms with E-state index in [4.69, 9.17) is 37.4 Å². The Bertz CT molecular complexity index is 3030. The van der Waals surface area contributed by atoms with E-state index in [1.54, 1.807) is 46.8 Å². The summed E-state index contributed by atoms with van der Waals surface area (Å²) in [5, 5.41) is 10.5. The number of ketones is 2. The molecular formula is C55H63Cl3F2N4O10. The van der Waals surface area contributed by atoms with Gasteiger partial charge in [0.25, 0.3) is 11.8 Å². The van der Waals surface area contributed by atoms with Gasteiger partial charge in [0, 0.05) is 65.6 Å². The smallest absolute Gasteiger partial charge is 0.275 e. The quantitative estimate of drug-likeness (QED) is 0.0998. The minimum absolute atomic E-state index is 0. The van der Waals surface area contributed by atoms with Crippen LogP contribution in [0.25, 0.3) is 0 Å². The molecule has 0 saturated heterocycles. The summed E-state index contributed by atoms with van der Waals surface area (Å²) in [5.41, 5.74) is -1.37. The summed E-state index contributed by atoms with van der Waals surface area (Å²) in [6.07, 6.45) is 5.35. The molecule has 74 heavy (non-hydrogen) atoms. The molecule has 0 atom stereocenters. The summed E-state index contributed by atoms with van der Waals surface area (Å²) < 4.78 is 48.6. The molecule has 2 saturated carbocycles. The first-order valence-electron chi connectivity index (χ1n) is 23.5. The summed E-state index contributed by atoms with van der Waals surface area (Å²) in [6, 6.07) is 18.4. The van der Waals surface area contributed by atoms with E-state index >= 15 is 0 Å². The van der Waals surface area contributed by atoms with Crippen molar-refractivity contribution in [1.29, 1.82) is 0 Å². The van der Waals surface area contributed by atoms with E-state index in [2.05, 4.69) is 0 Å². The van der Waals surface area contributed by atoms with Crippen molar-refractivity contribution in [2.75, 3.05) is 27.3 Å². The zero-order valence-electron chi connectivity index (χ0n) is 40.2. The number of hydrogen-bond donors (Lipinski definition) is 1. The second-order valence-corrected chi connectivity index (χ2v) is 19.3. The molecule has 14 nitrogen and oxygen atoms in total. The monoisotopic (exact) mass is 1080 g/mol. The Balaban J connectivity index is 0.000000268. The molecule has 5 aromatic rings. The van der Waals surface area contributed by atoms with Crippen LogP contribution in [0.3, 0.4) is 0 Å². The minimum Gasteiger partial charge on any atom is -0.503 e. The average molecular weight is 1080 g/mol. The van der Waals surface area contributed by atoms with Gasteiger partial charge in [-0.1, -0.05) is 92.7 Å². The topological polar surface area (TPSA) is 167 Å². The van der Waals surface area contributed by atoms with Crippen molar-refractivity contribution in [2.45, 2.75) is 123 Å². The number of aromatic hydroxyl groups is 1. The summed E-state index contributed by atoms with van der Waals surface area (Å²) in [4.78, 5) is 82.9. The van der Waals surface area contributed by atoms with E-state index < -0.39 is 56.8 Å². The maximum Gasteiger partial charge on any atom is 0.275 e. The molecule has 9 rings (SSSR count). The molecule has 0 radical (unpaired) electrons. The summed E-state index contributed by atoms with van der Waals surface area (Å²) in [7, 11) is 3.27. The molecule has 2 fully saturated rings. The van der Waals surface area contributed by atoms with Crippen molar-refractivity contribution in [1.82, 2.24) is 18.9 Å². The number of hydrogen-bond acceptors (Lipinski definition) is 10. The van der Waals surface area contributed by atoms with Gasteiger partial charge in [0.15, 0.2) is 34.5 Å². The van der Waals surface area contributed by atoms with Gasteiger partial charge in [0.1, 0.15) is 18.2 Å².